The molecule has 1 aromatic carbocycles. The lowest BCUT2D eigenvalue weighted by molar-refractivity contribution is 1.26. The van der Waals surface area contributed by atoms with Gasteiger partial charge in [0.25, 0.3) is 0 Å². The van der Waals surface area contributed by atoms with Crippen LogP contribution in [-0.4, -0.2) is 6.21 Å². The van der Waals surface area contributed by atoms with Crippen molar-refractivity contribution in [1.82, 2.24) is 0 Å². The van der Waals surface area contributed by atoms with E-state index in [0.717, 1.165) is 5.56 Å². The van der Waals surface area contributed by atoms with Gasteiger partial charge in [0.1, 0.15) is 0 Å². The Morgan fingerprint density at radius 3 is 2.40 bits per heavy atom. The van der Waals surface area contributed by atoms with Crippen LogP contribution in [0.4, 0.5) is 0 Å². The minimum Gasteiger partial charge on any atom is -0.323 e. The van der Waals surface area contributed by atoms with Crippen LogP contribution in [0.25, 0.3) is 0 Å². The summed E-state index contributed by atoms with van der Waals surface area (Å²) in [7, 11) is 0. The van der Waals surface area contributed by atoms with Crippen LogP contribution < -0.4 is 5.84 Å². The summed E-state index contributed by atoms with van der Waals surface area (Å²) in [6, 6.07) is 7.27. The molecule has 0 saturated carbocycles. The van der Waals surface area contributed by atoms with Crippen molar-refractivity contribution in [1.29, 1.82) is 0 Å². The largest absolute Gasteiger partial charge is 0.323 e. The smallest absolute Gasteiger partial charge is 0.0538 e. The fourth-order valence-corrected chi connectivity index (χ4v) is 0.761. The second kappa shape index (κ2) is 3.22. The van der Waals surface area contributed by atoms with Crippen molar-refractivity contribution in [3.63, 3.8) is 0 Å². The van der Waals surface area contributed by atoms with Gasteiger partial charge >= 0.3 is 0 Å². The molecule has 10 heavy (non-hydrogen) atoms. The Balaban J connectivity index is 2.89. The van der Waals surface area contributed by atoms with E-state index in [1.165, 1.54) is 0 Å². The van der Waals surface area contributed by atoms with E-state index in [2.05, 4.69) is 5.10 Å². The lowest BCUT2D eigenvalue weighted by atomic mass is 10.2. The predicted molar refractivity (Wildman–Crippen MR) is 43.2 cm³/mol. The third kappa shape index (κ3) is 1.74. The summed E-state index contributed by atoms with van der Waals surface area (Å²) >= 11 is 5.64. The molecule has 1 aromatic rings. The normalized spacial score (nSPS) is 10.5. The summed E-state index contributed by atoms with van der Waals surface area (Å²) in [5, 5.41) is 4.08. The number of rotatable bonds is 1. The second-order valence-corrected chi connectivity index (χ2v) is 2.27. The lowest BCUT2D eigenvalue weighted by Gasteiger charge is -1.90. The maximum absolute atomic E-state index is 5.64. The Hall–Kier alpha value is -1.02. The van der Waals surface area contributed by atoms with Crippen LogP contribution in [0.1, 0.15) is 5.56 Å². The van der Waals surface area contributed by atoms with Gasteiger partial charge in [0.15, 0.2) is 0 Å². The average Bonchev–Trinajstić information content (AvgIpc) is 1.95. The maximum atomic E-state index is 5.64. The Morgan fingerprint density at radius 1 is 1.30 bits per heavy atom. The molecule has 52 valence electrons. The molecule has 2 N–H and O–H groups in total. The minimum absolute atomic E-state index is 0.717. The lowest BCUT2D eigenvalue weighted by Crippen LogP contribution is -1.84. The molecule has 0 unspecified atom stereocenters. The summed E-state index contributed by atoms with van der Waals surface area (Å²) in [5.74, 6) is 4.94. The Morgan fingerprint density at radius 2 is 1.90 bits per heavy atom. The van der Waals surface area contributed by atoms with Gasteiger partial charge in [-0.05, 0) is 17.7 Å². The molecule has 1 rings (SSSR count). The molecule has 0 atom stereocenters. The molecule has 0 aliphatic rings. The number of hydrogen-bond acceptors (Lipinski definition) is 2. The molecule has 0 fully saturated rings. The molecule has 0 spiro atoms. The number of hydrazone groups is 1. The number of nitrogens with zero attached hydrogens (tertiary/aromatic N) is 1. The monoisotopic (exact) mass is 154 g/mol. The number of nitrogens with two attached hydrogens (primary N) is 1. The van der Waals surface area contributed by atoms with Crippen LogP contribution in [-0.2, 0) is 0 Å². The highest BCUT2D eigenvalue weighted by Crippen LogP contribution is 2.07. The van der Waals surface area contributed by atoms with Crippen molar-refractivity contribution in [2.45, 2.75) is 0 Å². The molecule has 0 aliphatic heterocycles. The van der Waals surface area contributed by atoms with Gasteiger partial charge in [-0.1, -0.05) is 23.7 Å². The summed E-state index contributed by atoms with van der Waals surface area (Å²) in [6.45, 7) is 0. The zero-order valence-corrected chi connectivity index (χ0v) is 6.05. The zero-order chi connectivity index (χ0) is 7.40. The van der Waals surface area contributed by atoms with E-state index in [-0.39, 0.29) is 0 Å². The predicted octanol–water partition coefficient (Wildman–Crippen LogP) is 1.63. The van der Waals surface area contributed by atoms with Gasteiger partial charge < -0.3 is 5.84 Å². The molecule has 0 aliphatic carbocycles. The third-order valence-corrected chi connectivity index (χ3v) is 1.35. The first-order valence-corrected chi connectivity index (χ1v) is 3.19. The Bertz CT molecular complexity index is 228. The second-order valence-electron chi connectivity index (χ2n) is 1.83. The molecule has 2 nitrogen and oxygen atoms in total. The van der Waals surface area contributed by atoms with Crippen LogP contribution in [0, 0.1) is 0 Å². The van der Waals surface area contributed by atoms with E-state index in [9.17, 15) is 0 Å². The van der Waals surface area contributed by atoms with Crippen molar-refractivity contribution in [2.24, 2.45) is 10.9 Å². The highest BCUT2D eigenvalue weighted by atomic mass is 35.5. The molecular weight excluding hydrogens is 148 g/mol. The van der Waals surface area contributed by atoms with Crippen molar-refractivity contribution in [2.75, 3.05) is 0 Å². The molecule has 0 aromatic heterocycles. The Kier molecular flexibility index (Phi) is 2.29. The quantitative estimate of drug-likeness (QED) is 0.373. The molecule has 3 heteroatoms. The Labute approximate surface area is 64.3 Å². The molecular formula is C7H7ClN2. The number of hydrogen-bond donors (Lipinski definition) is 1. The standard InChI is InChI=1S/C7H7ClN2/c8-7-3-1-6(2-4-7)5-10-9/h1-5H,9H2. The van der Waals surface area contributed by atoms with Crippen LogP contribution >= 0.6 is 11.6 Å². The first-order valence-electron chi connectivity index (χ1n) is 2.82. The number of halogens is 1. The van der Waals surface area contributed by atoms with E-state index in [0.29, 0.717) is 5.02 Å². The first kappa shape index (κ1) is 7.09. The van der Waals surface area contributed by atoms with E-state index in [1.54, 1.807) is 18.3 Å². The maximum Gasteiger partial charge on any atom is 0.0538 e. The average molecular weight is 155 g/mol. The third-order valence-electron chi connectivity index (χ3n) is 1.09. The van der Waals surface area contributed by atoms with Gasteiger partial charge in [-0.3, -0.25) is 0 Å². The fraction of sp³-hybridized carbons (Fsp3) is 0. The minimum atomic E-state index is 0.717. The highest BCUT2D eigenvalue weighted by molar-refractivity contribution is 6.30. The summed E-state index contributed by atoms with van der Waals surface area (Å²) in [6.07, 6.45) is 1.57. The summed E-state index contributed by atoms with van der Waals surface area (Å²) in [4.78, 5) is 0. The van der Waals surface area contributed by atoms with Crippen molar-refractivity contribution in [3.05, 3.63) is 34.9 Å². The van der Waals surface area contributed by atoms with Crippen molar-refractivity contribution >= 4 is 17.8 Å². The van der Waals surface area contributed by atoms with Crippen LogP contribution in [0.3, 0.4) is 0 Å². The topological polar surface area (TPSA) is 38.4 Å². The van der Waals surface area contributed by atoms with Crippen LogP contribution in [0.2, 0.25) is 5.02 Å². The van der Waals surface area contributed by atoms with Gasteiger partial charge in [-0.2, -0.15) is 5.10 Å². The van der Waals surface area contributed by atoms with Gasteiger partial charge in [0.05, 0.1) is 6.21 Å². The van der Waals surface area contributed by atoms with Gasteiger partial charge in [0.2, 0.25) is 0 Å². The van der Waals surface area contributed by atoms with Crippen molar-refractivity contribution in [3.8, 4) is 0 Å². The molecule has 0 bridgehead atoms. The van der Waals surface area contributed by atoms with Gasteiger partial charge in [-0.15, -0.1) is 0 Å². The van der Waals surface area contributed by atoms with Crippen LogP contribution in [0.5, 0.6) is 0 Å². The molecule has 0 saturated heterocycles. The highest BCUT2D eigenvalue weighted by Gasteiger charge is 1.86. The fourth-order valence-electron chi connectivity index (χ4n) is 0.635. The first-order chi connectivity index (χ1) is 4.83. The van der Waals surface area contributed by atoms with Crippen molar-refractivity contribution < 1.29 is 0 Å². The van der Waals surface area contributed by atoms with E-state index < -0.39 is 0 Å². The summed E-state index contributed by atoms with van der Waals surface area (Å²) < 4.78 is 0. The van der Waals surface area contributed by atoms with Gasteiger partial charge in [0, 0.05) is 5.02 Å². The van der Waals surface area contributed by atoms with E-state index in [4.69, 9.17) is 17.4 Å². The molecule has 0 radical (unpaired) electrons. The molecule has 0 amide bonds. The SMILES string of the molecule is NN=Cc1ccc(Cl)cc1. The zero-order valence-electron chi connectivity index (χ0n) is 5.29. The van der Waals surface area contributed by atoms with Crippen LogP contribution in [0.15, 0.2) is 29.4 Å². The van der Waals surface area contributed by atoms with E-state index >= 15 is 0 Å². The number of benzene rings is 1. The summed E-state index contributed by atoms with van der Waals surface area (Å²) in [5.41, 5.74) is 0.951. The van der Waals surface area contributed by atoms with Gasteiger partial charge in [-0.25, -0.2) is 0 Å². The van der Waals surface area contributed by atoms with E-state index in [1.807, 2.05) is 12.1 Å². The molecule has 0 heterocycles.